The Bertz CT molecular complexity index is 1100. The van der Waals surface area contributed by atoms with Gasteiger partial charge in [0.15, 0.2) is 11.5 Å². The average Bonchev–Trinajstić information content (AvgIpc) is 3.36. The third kappa shape index (κ3) is 3.99. The smallest absolute Gasteiger partial charge is 0.253 e. The Morgan fingerprint density at radius 1 is 1.11 bits per heavy atom. The van der Waals surface area contributed by atoms with Gasteiger partial charge >= 0.3 is 0 Å². The number of carbonyl (C=O) groups is 1. The SMILES string of the molecule is O=C(NCc1nnc2ccccn12)/C(=C/c1ccc(Br)cc1)c1cccs1. The fraction of sp³-hybridized carbons (Fsp3) is 0.0500. The standard InChI is InChI=1S/C20H15BrN4OS/c21-15-8-6-14(7-9-15)12-16(17-4-3-11-27-17)20(26)22-13-19-24-23-18-5-1-2-10-25(18)19/h1-12H,13H2,(H,22,26)/b16-12+. The van der Waals surface area contributed by atoms with Crippen molar-refractivity contribution in [2.75, 3.05) is 0 Å². The molecule has 1 aromatic carbocycles. The van der Waals surface area contributed by atoms with Crippen LogP contribution in [-0.2, 0) is 11.3 Å². The summed E-state index contributed by atoms with van der Waals surface area (Å²) in [7, 11) is 0. The molecule has 1 N–H and O–H groups in total. The number of aromatic nitrogens is 3. The molecule has 7 heteroatoms. The van der Waals surface area contributed by atoms with Crippen LogP contribution in [0.2, 0.25) is 0 Å². The molecular formula is C20H15BrN4OS. The van der Waals surface area contributed by atoms with E-state index in [1.807, 2.05) is 76.7 Å². The zero-order valence-electron chi connectivity index (χ0n) is 14.2. The van der Waals surface area contributed by atoms with Crippen molar-refractivity contribution < 1.29 is 4.79 Å². The van der Waals surface area contributed by atoms with Gasteiger partial charge in [0.2, 0.25) is 0 Å². The number of nitrogens with zero attached hydrogens (tertiary/aromatic N) is 3. The van der Waals surface area contributed by atoms with Gasteiger partial charge in [-0.15, -0.1) is 21.5 Å². The molecule has 4 aromatic rings. The molecule has 0 radical (unpaired) electrons. The van der Waals surface area contributed by atoms with Gasteiger partial charge < -0.3 is 5.32 Å². The molecule has 0 unspecified atom stereocenters. The van der Waals surface area contributed by atoms with Gasteiger partial charge in [-0.05, 0) is 47.4 Å². The number of hydrogen-bond acceptors (Lipinski definition) is 4. The molecule has 27 heavy (non-hydrogen) atoms. The van der Waals surface area contributed by atoms with Crippen LogP contribution in [0.3, 0.4) is 0 Å². The van der Waals surface area contributed by atoms with Crippen molar-refractivity contribution in [1.29, 1.82) is 0 Å². The normalized spacial score (nSPS) is 11.7. The van der Waals surface area contributed by atoms with Gasteiger partial charge in [0.05, 0.1) is 12.1 Å². The second-order valence-electron chi connectivity index (χ2n) is 5.81. The van der Waals surface area contributed by atoms with Crippen molar-refractivity contribution in [3.8, 4) is 0 Å². The molecule has 0 aliphatic rings. The minimum Gasteiger partial charge on any atom is -0.345 e. The monoisotopic (exact) mass is 438 g/mol. The Hall–Kier alpha value is -2.77. The fourth-order valence-electron chi connectivity index (χ4n) is 2.67. The number of thiophene rings is 1. The first-order valence-electron chi connectivity index (χ1n) is 8.29. The maximum atomic E-state index is 12.9. The van der Waals surface area contributed by atoms with Gasteiger partial charge in [-0.3, -0.25) is 9.20 Å². The third-order valence-electron chi connectivity index (χ3n) is 4.00. The molecule has 0 atom stereocenters. The fourth-order valence-corrected chi connectivity index (χ4v) is 3.68. The Labute approximate surface area is 168 Å². The lowest BCUT2D eigenvalue weighted by Crippen LogP contribution is -2.24. The topological polar surface area (TPSA) is 59.3 Å². The highest BCUT2D eigenvalue weighted by Crippen LogP contribution is 2.24. The first kappa shape index (κ1) is 17.6. The number of benzene rings is 1. The second kappa shape index (κ2) is 7.85. The van der Waals surface area contributed by atoms with E-state index in [2.05, 4.69) is 31.4 Å². The summed E-state index contributed by atoms with van der Waals surface area (Å²) >= 11 is 4.97. The minimum absolute atomic E-state index is 0.145. The zero-order valence-corrected chi connectivity index (χ0v) is 16.6. The molecule has 0 bridgehead atoms. The number of nitrogens with one attached hydrogen (secondary N) is 1. The van der Waals surface area contributed by atoms with Crippen molar-refractivity contribution in [2.45, 2.75) is 6.54 Å². The van der Waals surface area contributed by atoms with E-state index >= 15 is 0 Å². The van der Waals surface area contributed by atoms with Gasteiger partial charge in [-0.1, -0.05) is 40.2 Å². The summed E-state index contributed by atoms with van der Waals surface area (Å²) in [4.78, 5) is 13.8. The molecule has 134 valence electrons. The van der Waals surface area contributed by atoms with Crippen LogP contribution in [0.15, 0.2) is 70.6 Å². The molecule has 0 saturated heterocycles. The summed E-state index contributed by atoms with van der Waals surface area (Å²) in [5.41, 5.74) is 2.34. The van der Waals surface area contributed by atoms with Crippen molar-refractivity contribution in [3.63, 3.8) is 0 Å². The predicted octanol–water partition coefficient (Wildman–Crippen LogP) is 4.41. The number of pyridine rings is 1. The van der Waals surface area contributed by atoms with E-state index in [1.165, 1.54) is 11.3 Å². The van der Waals surface area contributed by atoms with E-state index in [0.29, 0.717) is 17.9 Å². The molecule has 1 amide bonds. The second-order valence-corrected chi connectivity index (χ2v) is 7.68. The van der Waals surface area contributed by atoms with Crippen LogP contribution in [0.25, 0.3) is 17.3 Å². The number of rotatable bonds is 5. The number of halogens is 1. The molecule has 0 fully saturated rings. The van der Waals surface area contributed by atoms with Crippen LogP contribution < -0.4 is 5.32 Å². The van der Waals surface area contributed by atoms with Crippen LogP contribution in [-0.4, -0.2) is 20.5 Å². The van der Waals surface area contributed by atoms with Crippen molar-refractivity contribution in [1.82, 2.24) is 19.9 Å². The molecule has 0 aliphatic heterocycles. The molecular weight excluding hydrogens is 424 g/mol. The van der Waals surface area contributed by atoms with E-state index in [9.17, 15) is 4.79 Å². The zero-order chi connectivity index (χ0) is 18.6. The van der Waals surface area contributed by atoms with Crippen LogP contribution in [0, 0.1) is 0 Å². The number of carbonyl (C=O) groups excluding carboxylic acids is 1. The van der Waals surface area contributed by atoms with Gasteiger partial charge in [-0.2, -0.15) is 0 Å². The highest BCUT2D eigenvalue weighted by atomic mass is 79.9. The quantitative estimate of drug-likeness (QED) is 0.469. The summed E-state index contributed by atoms with van der Waals surface area (Å²) in [6, 6.07) is 17.4. The van der Waals surface area contributed by atoms with E-state index < -0.39 is 0 Å². The van der Waals surface area contributed by atoms with E-state index in [4.69, 9.17) is 0 Å². The first-order valence-corrected chi connectivity index (χ1v) is 9.96. The first-order chi connectivity index (χ1) is 13.2. The molecule has 0 spiro atoms. The summed E-state index contributed by atoms with van der Waals surface area (Å²) in [6.07, 6.45) is 3.78. The summed E-state index contributed by atoms with van der Waals surface area (Å²) in [5.74, 6) is 0.543. The average molecular weight is 439 g/mol. The molecule has 3 heterocycles. The largest absolute Gasteiger partial charge is 0.345 e. The van der Waals surface area contributed by atoms with Gasteiger partial charge in [0.1, 0.15) is 0 Å². The Kier molecular flexibility index (Phi) is 5.13. The maximum absolute atomic E-state index is 12.9. The lowest BCUT2D eigenvalue weighted by atomic mass is 10.1. The lowest BCUT2D eigenvalue weighted by Gasteiger charge is -2.08. The van der Waals surface area contributed by atoms with Crippen LogP contribution in [0.4, 0.5) is 0 Å². The third-order valence-corrected chi connectivity index (χ3v) is 5.44. The van der Waals surface area contributed by atoms with Crippen LogP contribution in [0.1, 0.15) is 16.3 Å². The maximum Gasteiger partial charge on any atom is 0.253 e. The van der Waals surface area contributed by atoms with Crippen molar-refractivity contribution >= 4 is 50.5 Å². The highest BCUT2D eigenvalue weighted by molar-refractivity contribution is 9.10. The molecule has 0 saturated carbocycles. The van der Waals surface area contributed by atoms with Gasteiger partial charge in [-0.25, -0.2) is 0 Å². The van der Waals surface area contributed by atoms with Gasteiger partial charge in [0.25, 0.3) is 5.91 Å². The highest BCUT2D eigenvalue weighted by Gasteiger charge is 2.14. The van der Waals surface area contributed by atoms with Crippen molar-refractivity contribution in [3.05, 3.63) is 86.9 Å². The molecule has 0 aliphatic carbocycles. The van der Waals surface area contributed by atoms with E-state index in [0.717, 1.165) is 20.6 Å². The summed E-state index contributed by atoms with van der Waals surface area (Å²) < 4.78 is 2.87. The Morgan fingerprint density at radius 3 is 2.74 bits per heavy atom. The predicted molar refractivity (Wildman–Crippen MR) is 111 cm³/mol. The van der Waals surface area contributed by atoms with E-state index in [-0.39, 0.29) is 5.91 Å². The summed E-state index contributed by atoms with van der Waals surface area (Å²) in [5, 5.41) is 13.2. The summed E-state index contributed by atoms with van der Waals surface area (Å²) in [6.45, 7) is 0.299. The van der Waals surface area contributed by atoms with Crippen LogP contribution >= 0.6 is 27.3 Å². The number of hydrogen-bond donors (Lipinski definition) is 1. The molecule has 3 aromatic heterocycles. The molecule has 4 rings (SSSR count). The Balaban J connectivity index is 1.58. The Morgan fingerprint density at radius 2 is 1.96 bits per heavy atom. The minimum atomic E-state index is -0.145. The lowest BCUT2D eigenvalue weighted by molar-refractivity contribution is -0.115. The number of fused-ring (bicyclic) bond motifs is 1. The van der Waals surface area contributed by atoms with E-state index in [1.54, 1.807) is 0 Å². The molecule has 5 nitrogen and oxygen atoms in total. The van der Waals surface area contributed by atoms with Gasteiger partial charge in [0, 0.05) is 15.5 Å². The van der Waals surface area contributed by atoms with Crippen LogP contribution in [0.5, 0.6) is 0 Å². The van der Waals surface area contributed by atoms with Crippen molar-refractivity contribution in [2.24, 2.45) is 0 Å². The number of amides is 1.